The molecule has 4 rings (SSSR count). The zero-order chi connectivity index (χ0) is 26.7. The highest BCUT2D eigenvalue weighted by Crippen LogP contribution is 2.32. The van der Waals surface area contributed by atoms with Gasteiger partial charge in [-0.05, 0) is 48.5 Å². The van der Waals surface area contributed by atoms with Crippen molar-refractivity contribution in [3.8, 4) is 5.75 Å². The number of halogens is 5. The molecular weight excluding hydrogens is 535 g/mol. The Kier molecular flexibility index (Phi) is 7.65. The molecule has 0 amide bonds. The fraction of sp³-hybridized carbons (Fsp3) is 0.0385. The van der Waals surface area contributed by atoms with E-state index in [4.69, 9.17) is 0 Å². The van der Waals surface area contributed by atoms with Gasteiger partial charge in [-0.15, -0.1) is 0 Å². The fourth-order valence-corrected chi connectivity index (χ4v) is 6.53. The Morgan fingerprint density at radius 3 is 1.49 bits per heavy atom. The molecule has 0 aliphatic carbocycles. The molecule has 0 fully saturated rings. The molecule has 4 aromatic carbocycles. The van der Waals surface area contributed by atoms with E-state index in [9.17, 15) is 35.2 Å². The van der Waals surface area contributed by atoms with E-state index in [2.05, 4.69) is 4.74 Å². The third-order valence-corrected chi connectivity index (χ3v) is 8.91. The summed E-state index contributed by atoms with van der Waals surface area (Å²) in [5.74, 6) is -16.9. The predicted molar refractivity (Wildman–Crippen MR) is 125 cm³/mol. The maximum absolute atomic E-state index is 13.8. The summed E-state index contributed by atoms with van der Waals surface area (Å²) >= 11 is 0. The molecule has 4 aromatic rings. The first-order valence-electron chi connectivity index (χ1n) is 10.5. The van der Waals surface area contributed by atoms with Crippen LogP contribution in [0.3, 0.4) is 0 Å². The number of ether oxygens (including phenoxy) is 1. The number of benzene rings is 4. The van der Waals surface area contributed by atoms with Gasteiger partial charge in [0.15, 0.2) is 30.3 Å². The van der Waals surface area contributed by atoms with Gasteiger partial charge >= 0.3 is 5.97 Å². The molecule has 37 heavy (non-hydrogen) atoms. The minimum Gasteiger partial charge on any atom is -0.419 e. The summed E-state index contributed by atoms with van der Waals surface area (Å²) in [7, 11) is -4.95. The Balaban J connectivity index is 1.58. The second-order valence-corrected chi connectivity index (χ2v) is 11.6. The first-order chi connectivity index (χ1) is 17.6. The van der Waals surface area contributed by atoms with E-state index in [-0.39, 0.29) is 4.90 Å². The standard InChI is InChI=1S/C26H16F5O4S2/c27-21-22(28)24(30)26(25(31)23(21)29)35-20(32)15-37(33,34)19-13-11-18(12-14-19)36(16-7-3-1-4-8-16)17-9-5-2-6-10-17/h1-14H,15H2/q+1. The van der Waals surface area contributed by atoms with Crippen molar-refractivity contribution in [3.63, 3.8) is 0 Å². The van der Waals surface area contributed by atoms with Crippen molar-refractivity contribution in [1.82, 2.24) is 0 Å². The third kappa shape index (κ3) is 5.52. The van der Waals surface area contributed by atoms with Crippen LogP contribution in [0.2, 0.25) is 0 Å². The molecular formula is C26H16F5O4S2+. The Bertz CT molecular complexity index is 1480. The molecule has 0 spiro atoms. The van der Waals surface area contributed by atoms with E-state index in [1.807, 2.05) is 60.7 Å². The summed E-state index contributed by atoms with van der Waals surface area (Å²) in [4.78, 5) is 14.5. The molecule has 11 heteroatoms. The molecule has 0 radical (unpaired) electrons. The Labute approximate surface area is 211 Å². The van der Waals surface area contributed by atoms with E-state index in [1.54, 1.807) is 12.1 Å². The topological polar surface area (TPSA) is 60.4 Å². The second kappa shape index (κ2) is 10.7. The lowest BCUT2D eigenvalue weighted by atomic mass is 10.2. The molecule has 0 saturated carbocycles. The van der Waals surface area contributed by atoms with Crippen LogP contribution in [0, 0.1) is 29.1 Å². The average molecular weight is 552 g/mol. The molecule has 0 atom stereocenters. The van der Waals surface area contributed by atoms with Crippen LogP contribution in [0.25, 0.3) is 0 Å². The molecule has 0 N–H and O–H groups in total. The van der Waals surface area contributed by atoms with Crippen LogP contribution < -0.4 is 4.74 Å². The summed E-state index contributed by atoms with van der Waals surface area (Å²) in [6.07, 6.45) is 0. The van der Waals surface area contributed by atoms with Gasteiger partial charge in [-0.2, -0.15) is 8.78 Å². The van der Waals surface area contributed by atoms with E-state index < -0.39 is 67.3 Å². The zero-order valence-corrected chi connectivity index (χ0v) is 20.3. The minimum absolute atomic E-state index is 0.296. The van der Waals surface area contributed by atoms with Gasteiger partial charge in [0.2, 0.25) is 34.8 Å². The SMILES string of the molecule is O=C(CS(=O)(=O)c1ccc([S+](c2ccccc2)c2ccccc2)cc1)Oc1c(F)c(F)c(F)c(F)c1F. The molecule has 0 bridgehead atoms. The molecule has 0 aliphatic rings. The van der Waals surface area contributed by atoms with Crippen molar-refractivity contribution in [2.45, 2.75) is 19.6 Å². The lowest BCUT2D eigenvalue weighted by Gasteiger charge is -2.10. The summed E-state index contributed by atoms with van der Waals surface area (Å²) in [6.45, 7) is 0. The highest BCUT2D eigenvalue weighted by Gasteiger charge is 2.32. The smallest absolute Gasteiger partial charge is 0.327 e. The Morgan fingerprint density at radius 1 is 0.622 bits per heavy atom. The number of carbonyl (C=O) groups is 1. The molecule has 4 nitrogen and oxygen atoms in total. The van der Waals surface area contributed by atoms with Gasteiger partial charge in [0.05, 0.1) is 15.8 Å². The Morgan fingerprint density at radius 2 is 1.03 bits per heavy atom. The third-order valence-electron chi connectivity index (χ3n) is 5.07. The van der Waals surface area contributed by atoms with Crippen molar-refractivity contribution in [3.05, 3.63) is 114 Å². The summed E-state index contributed by atoms with van der Waals surface area (Å²) < 4.78 is 97.0. The lowest BCUT2D eigenvalue weighted by Crippen LogP contribution is -2.22. The fourth-order valence-electron chi connectivity index (χ4n) is 3.36. The first kappa shape index (κ1) is 26.4. The molecule has 0 heterocycles. The number of carbonyl (C=O) groups excluding carboxylic acids is 1. The number of hydrogen-bond acceptors (Lipinski definition) is 4. The molecule has 0 saturated heterocycles. The van der Waals surface area contributed by atoms with Gasteiger partial charge in [0.1, 0.15) is 0 Å². The van der Waals surface area contributed by atoms with Crippen LogP contribution >= 0.6 is 0 Å². The monoisotopic (exact) mass is 551 g/mol. The van der Waals surface area contributed by atoms with Gasteiger partial charge in [-0.25, -0.2) is 21.6 Å². The van der Waals surface area contributed by atoms with Crippen LogP contribution in [-0.4, -0.2) is 20.1 Å². The van der Waals surface area contributed by atoms with Crippen molar-refractivity contribution < 1.29 is 39.9 Å². The van der Waals surface area contributed by atoms with E-state index in [1.165, 1.54) is 12.1 Å². The Hall–Kier alpha value is -3.70. The average Bonchev–Trinajstić information content (AvgIpc) is 2.90. The number of rotatable bonds is 7. The van der Waals surface area contributed by atoms with Gasteiger partial charge < -0.3 is 4.74 Å². The lowest BCUT2D eigenvalue weighted by molar-refractivity contribution is -0.132. The van der Waals surface area contributed by atoms with Crippen LogP contribution in [0.1, 0.15) is 0 Å². The molecule has 190 valence electrons. The summed E-state index contributed by atoms with van der Waals surface area (Å²) in [5.41, 5.74) is 0. The van der Waals surface area contributed by atoms with Crippen molar-refractivity contribution in [2.24, 2.45) is 0 Å². The molecule has 0 unspecified atom stereocenters. The highest BCUT2D eigenvalue weighted by molar-refractivity contribution is 7.97. The first-order valence-corrected chi connectivity index (χ1v) is 13.4. The quantitative estimate of drug-likeness (QED) is 0.0722. The van der Waals surface area contributed by atoms with Crippen LogP contribution in [0.4, 0.5) is 22.0 Å². The molecule has 0 aromatic heterocycles. The van der Waals surface area contributed by atoms with Gasteiger partial charge in [-0.1, -0.05) is 36.4 Å². The minimum atomic E-state index is -4.38. The predicted octanol–water partition coefficient (Wildman–Crippen LogP) is 5.86. The van der Waals surface area contributed by atoms with E-state index in [0.29, 0.717) is 0 Å². The van der Waals surface area contributed by atoms with Crippen LogP contribution in [0.5, 0.6) is 5.75 Å². The van der Waals surface area contributed by atoms with Crippen molar-refractivity contribution >= 4 is 26.7 Å². The second-order valence-electron chi connectivity index (χ2n) is 7.54. The normalized spacial score (nSPS) is 11.5. The van der Waals surface area contributed by atoms with Crippen molar-refractivity contribution in [2.75, 3.05) is 5.75 Å². The van der Waals surface area contributed by atoms with Crippen molar-refractivity contribution in [1.29, 1.82) is 0 Å². The van der Waals surface area contributed by atoms with E-state index >= 15 is 0 Å². The number of esters is 1. The summed E-state index contributed by atoms with van der Waals surface area (Å²) in [6, 6.07) is 24.7. The maximum Gasteiger partial charge on any atom is 0.327 e. The summed E-state index contributed by atoms with van der Waals surface area (Å²) in [5, 5.41) is 0. The maximum atomic E-state index is 13.8. The van der Waals surface area contributed by atoms with Gasteiger partial charge in [0, 0.05) is 0 Å². The van der Waals surface area contributed by atoms with Gasteiger partial charge in [-0.3, -0.25) is 4.79 Å². The zero-order valence-electron chi connectivity index (χ0n) is 18.6. The number of sulfone groups is 1. The largest absolute Gasteiger partial charge is 0.419 e. The van der Waals surface area contributed by atoms with Crippen LogP contribution in [-0.2, 0) is 25.5 Å². The van der Waals surface area contributed by atoms with Gasteiger partial charge in [0.25, 0.3) is 0 Å². The number of hydrogen-bond donors (Lipinski definition) is 0. The van der Waals surface area contributed by atoms with E-state index in [0.717, 1.165) is 14.7 Å². The highest BCUT2D eigenvalue weighted by atomic mass is 32.2. The molecule has 0 aliphatic heterocycles. The van der Waals surface area contributed by atoms with Crippen LogP contribution in [0.15, 0.2) is 105 Å².